The van der Waals surface area contributed by atoms with Crippen molar-refractivity contribution in [3.63, 3.8) is 0 Å². The van der Waals surface area contributed by atoms with Crippen molar-refractivity contribution in [2.24, 2.45) is 5.41 Å². The minimum Gasteiger partial charge on any atom is -0.493 e. The molecular weight excluding hydrogens is 280 g/mol. The van der Waals surface area contributed by atoms with Gasteiger partial charge in [0.2, 0.25) is 0 Å². The number of hydrogen-bond acceptors (Lipinski definition) is 5. The van der Waals surface area contributed by atoms with Gasteiger partial charge in [-0.05, 0) is 17.5 Å². The van der Waals surface area contributed by atoms with Gasteiger partial charge in [-0.15, -0.1) is 5.10 Å². The molecule has 0 aromatic carbocycles. The first kappa shape index (κ1) is 14.0. The monoisotopic (exact) mass is 302 g/mol. The highest BCUT2D eigenvalue weighted by atomic mass is 16.5. The molecule has 0 amide bonds. The Morgan fingerprint density at radius 3 is 2.73 bits per heavy atom. The lowest BCUT2D eigenvalue weighted by Crippen LogP contribution is -2.65. The Labute approximate surface area is 130 Å². The summed E-state index contributed by atoms with van der Waals surface area (Å²) in [7, 11) is 1.68. The van der Waals surface area contributed by atoms with E-state index in [0.29, 0.717) is 11.3 Å². The first-order chi connectivity index (χ1) is 10.6. The van der Waals surface area contributed by atoms with E-state index >= 15 is 0 Å². The molecule has 2 aromatic heterocycles. The zero-order valence-corrected chi connectivity index (χ0v) is 13.4. The quantitative estimate of drug-likeness (QED) is 0.860. The lowest BCUT2D eigenvalue weighted by molar-refractivity contribution is -0.191. The number of likely N-dealkylation sites (tertiary alicyclic amines) is 1. The highest BCUT2D eigenvalue weighted by molar-refractivity contribution is 5.54. The fraction of sp³-hybridized carbons (Fsp3) is 0.625. The molecule has 4 rings (SSSR count). The average Bonchev–Trinajstić information content (AvgIpc) is 2.81. The maximum Gasteiger partial charge on any atom is 0.198 e. The van der Waals surface area contributed by atoms with E-state index in [1.165, 1.54) is 5.56 Å². The second-order valence-corrected chi connectivity index (χ2v) is 6.93. The predicted molar refractivity (Wildman–Crippen MR) is 82.2 cm³/mol. The molecule has 0 saturated carbocycles. The third-order valence-corrected chi connectivity index (χ3v) is 4.65. The summed E-state index contributed by atoms with van der Waals surface area (Å²) in [5.41, 5.74) is 2.43. The van der Waals surface area contributed by atoms with Crippen LogP contribution in [0.15, 0.2) is 12.3 Å². The van der Waals surface area contributed by atoms with E-state index in [1.807, 2.05) is 4.52 Å². The molecule has 6 nitrogen and oxygen atoms in total. The molecule has 0 radical (unpaired) electrons. The second-order valence-electron chi connectivity index (χ2n) is 6.93. The van der Waals surface area contributed by atoms with Crippen LogP contribution in [0.3, 0.4) is 0 Å². The number of fused-ring (bicyclic) bond motifs is 1. The first-order valence-electron chi connectivity index (χ1n) is 7.82. The van der Waals surface area contributed by atoms with Crippen molar-refractivity contribution in [1.82, 2.24) is 19.5 Å². The molecule has 2 aromatic rings. The fourth-order valence-corrected chi connectivity index (χ4v) is 3.34. The van der Waals surface area contributed by atoms with Gasteiger partial charge in [0.1, 0.15) is 0 Å². The van der Waals surface area contributed by atoms with E-state index in [9.17, 15) is 0 Å². The molecule has 0 aliphatic carbocycles. The zero-order valence-electron chi connectivity index (χ0n) is 13.4. The molecule has 22 heavy (non-hydrogen) atoms. The van der Waals surface area contributed by atoms with Gasteiger partial charge in [-0.3, -0.25) is 4.90 Å². The van der Waals surface area contributed by atoms with Gasteiger partial charge >= 0.3 is 0 Å². The normalized spacial score (nSPS) is 20.4. The molecule has 118 valence electrons. The van der Waals surface area contributed by atoms with E-state index in [1.54, 1.807) is 7.11 Å². The molecule has 4 heterocycles. The number of aromatic nitrogens is 3. The maximum atomic E-state index is 5.48. The number of ether oxygens (including phenoxy) is 2. The second kappa shape index (κ2) is 4.93. The van der Waals surface area contributed by atoms with Gasteiger partial charge in [-0.25, -0.2) is 9.50 Å². The lowest BCUT2D eigenvalue weighted by Gasteiger charge is -2.54. The number of hydrogen-bond donors (Lipinski definition) is 0. The Hall–Kier alpha value is -1.66. The third-order valence-electron chi connectivity index (χ3n) is 4.65. The first-order valence-corrected chi connectivity index (χ1v) is 7.82. The summed E-state index contributed by atoms with van der Waals surface area (Å²) in [5.74, 6) is 2.08. The largest absolute Gasteiger partial charge is 0.493 e. The molecule has 0 bridgehead atoms. The lowest BCUT2D eigenvalue weighted by atomic mass is 9.78. The van der Waals surface area contributed by atoms with Gasteiger partial charge in [0.15, 0.2) is 17.2 Å². The SMILES string of the molecule is COc1cc(C(C)C)cn2nc(CN3CC4(COC4)C3)nc12. The summed E-state index contributed by atoms with van der Waals surface area (Å²) in [4.78, 5) is 7.03. The fourth-order valence-electron chi connectivity index (χ4n) is 3.34. The van der Waals surface area contributed by atoms with Crippen molar-refractivity contribution < 1.29 is 9.47 Å². The van der Waals surface area contributed by atoms with E-state index in [0.717, 1.165) is 50.1 Å². The Balaban J connectivity index is 1.57. The highest BCUT2D eigenvalue weighted by Gasteiger charge is 2.48. The van der Waals surface area contributed by atoms with E-state index in [4.69, 9.17) is 9.47 Å². The summed E-state index contributed by atoms with van der Waals surface area (Å²) < 4.78 is 12.6. The highest BCUT2D eigenvalue weighted by Crippen LogP contribution is 2.38. The van der Waals surface area contributed by atoms with E-state index in [-0.39, 0.29) is 0 Å². The minimum atomic E-state index is 0.430. The summed E-state index contributed by atoms with van der Waals surface area (Å²) >= 11 is 0. The molecule has 0 N–H and O–H groups in total. The summed E-state index contributed by atoms with van der Waals surface area (Å²) in [6.45, 7) is 9.14. The van der Waals surface area contributed by atoms with Crippen LogP contribution in [-0.2, 0) is 11.3 Å². The van der Waals surface area contributed by atoms with Crippen molar-refractivity contribution in [1.29, 1.82) is 0 Å². The number of nitrogens with zero attached hydrogens (tertiary/aromatic N) is 4. The molecule has 2 saturated heterocycles. The van der Waals surface area contributed by atoms with Crippen LogP contribution in [0, 0.1) is 5.41 Å². The van der Waals surface area contributed by atoms with Gasteiger partial charge in [-0.1, -0.05) is 13.8 Å². The summed E-state index contributed by atoms with van der Waals surface area (Å²) in [5, 5.41) is 4.63. The molecular formula is C16H22N4O2. The van der Waals surface area contributed by atoms with Crippen LogP contribution in [0.25, 0.3) is 5.65 Å². The van der Waals surface area contributed by atoms with Crippen molar-refractivity contribution in [2.45, 2.75) is 26.3 Å². The van der Waals surface area contributed by atoms with Crippen molar-refractivity contribution in [2.75, 3.05) is 33.4 Å². The van der Waals surface area contributed by atoms with Crippen LogP contribution in [0.4, 0.5) is 0 Å². The van der Waals surface area contributed by atoms with Crippen LogP contribution >= 0.6 is 0 Å². The number of pyridine rings is 1. The molecule has 2 aliphatic rings. The number of rotatable bonds is 4. The zero-order chi connectivity index (χ0) is 15.3. The molecule has 1 spiro atoms. The van der Waals surface area contributed by atoms with Crippen LogP contribution in [-0.4, -0.2) is 52.9 Å². The number of methoxy groups -OCH3 is 1. The third kappa shape index (κ3) is 2.18. The van der Waals surface area contributed by atoms with Crippen molar-refractivity contribution in [3.05, 3.63) is 23.7 Å². The molecule has 2 fully saturated rings. The van der Waals surface area contributed by atoms with Gasteiger partial charge in [0, 0.05) is 24.7 Å². The van der Waals surface area contributed by atoms with E-state index in [2.05, 4.69) is 41.1 Å². The smallest absolute Gasteiger partial charge is 0.198 e. The molecule has 0 atom stereocenters. The van der Waals surface area contributed by atoms with Crippen LogP contribution < -0.4 is 4.74 Å². The van der Waals surface area contributed by atoms with Gasteiger partial charge in [0.25, 0.3) is 0 Å². The maximum absolute atomic E-state index is 5.48. The summed E-state index contributed by atoms with van der Waals surface area (Å²) in [6, 6.07) is 2.06. The summed E-state index contributed by atoms with van der Waals surface area (Å²) in [6.07, 6.45) is 2.05. The predicted octanol–water partition coefficient (Wildman–Crippen LogP) is 1.69. The van der Waals surface area contributed by atoms with Crippen LogP contribution in [0.1, 0.15) is 31.2 Å². The standard InChI is InChI=1S/C16H22N4O2/c1-11(2)12-4-13(21-3)15-17-14(18-20(15)5-12)6-19-7-16(8-19)9-22-10-16/h4-5,11H,6-10H2,1-3H3. The average molecular weight is 302 g/mol. The van der Waals surface area contributed by atoms with Gasteiger partial charge in [-0.2, -0.15) is 0 Å². The molecule has 2 aliphatic heterocycles. The van der Waals surface area contributed by atoms with Gasteiger partial charge in [0.05, 0.1) is 26.9 Å². The molecule has 6 heteroatoms. The molecule has 0 unspecified atom stereocenters. The minimum absolute atomic E-state index is 0.430. The topological polar surface area (TPSA) is 51.9 Å². The van der Waals surface area contributed by atoms with Crippen molar-refractivity contribution in [3.8, 4) is 5.75 Å². The van der Waals surface area contributed by atoms with E-state index < -0.39 is 0 Å². The Morgan fingerprint density at radius 1 is 1.36 bits per heavy atom. The van der Waals surface area contributed by atoms with Crippen LogP contribution in [0.5, 0.6) is 5.75 Å². The van der Waals surface area contributed by atoms with Gasteiger partial charge < -0.3 is 9.47 Å². The Kier molecular flexibility index (Phi) is 3.13. The Morgan fingerprint density at radius 2 is 2.14 bits per heavy atom. The Bertz CT molecular complexity index is 697. The van der Waals surface area contributed by atoms with Crippen molar-refractivity contribution >= 4 is 5.65 Å². The van der Waals surface area contributed by atoms with Crippen LogP contribution in [0.2, 0.25) is 0 Å².